The Labute approximate surface area is 231 Å². The van der Waals surface area contributed by atoms with Crippen molar-refractivity contribution in [1.29, 1.82) is 0 Å². The lowest BCUT2D eigenvalue weighted by Crippen LogP contribution is -2.22. The van der Waals surface area contributed by atoms with Gasteiger partial charge in [-0.1, -0.05) is 57.5 Å². The molecular weight excluding hydrogens is 495 g/mol. The van der Waals surface area contributed by atoms with Crippen LogP contribution in [0.3, 0.4) is 0 Å². The lowest BCUT2D eigenvalue weighted by Gasteiger charge is -2.32. The van der Waals surface area contributed by atoms with E-state index in [4.69, 9.17) is 14.2 Å². The van der Waals surface area contributed by atoms with Crippen molar-refractivity contribution in [1.82, 2.24) is 0 Å². The average molecular weight is 535 g/mol. The fourth-order valence-electron chi connectivity index (χ4n) is 4.91. The third-order valence-corrected chi connectivity index (χ3v) is 7.09. The molecule has 0 saturated carbocycles. The topological polar surface area (TPSA) is 65.0 Å². The number of carboxylic acids is 1. The minimum atomic E-state index is -0.810. The van der Waals surface area contributed by atoms with Crippen molar-refractivity contribution in [2.24, 2.45) is 5.41 Å². The summed E-state index contributed by atoms with van der Waals surface area (Å²) in [6, 6.07) is 18.1. The van der Waals surface area contributed by atoms with Gasteiger partial charge in [0.25, 0.3) is 0 Å². The molecule has 0 aromatic heterocycles. The first-order valence-corrected chi connectivity index (χ1v) is 13.2. The molecular formula is C33H39FO5. The second-order valence-electron chi connectivity index (χ2n) is 10.4. The Morgan fingerprint density at radius 1 is 1.05 bits per heavy atom. The average Bonchev–Trinajstić information content (AvgIpc) is 2.92. The number of hydrogen-bond acceptors (Lipinski definition) is 4. The molecule has 0 radical (unpaired) electrons. The molecule has 0 aliphatic rings. The lowest BCUT2D eigenvalue weighted by molar-refractivity contribution is -0.137. The van der Waals surface area contributed by atoms with Crippen molar-refractivity contribution >= 4 is 5.97 Å². The van der Waals surface area contributed by atoms with E-state index in [0.717, 1.165) is 29.5 Å². The number of ether oxygens (including phenoxy) is 3. The molecule has 0 aliphatic heterocycles. The number of carboxylic acid groups (broad SMARTS) is 1. The van der Waals surface area contributed by atoms with E-state index in [1.807, 2.05) is 62.4 Å². The number of rotatable bonds is 14. The van der Waals surface area contributed by atoms with Crippen molar-refractivity contribution in [2.75, 3.05) is 14.2 Å². The maximum atomic E-state index is 15.0. The standard InChI is InChI=1S/C33H39FO5/c1-7-10-23(19-31(35)36)24-11-9-12-26(18-24)39-21-22-13-15-27(28-20-25(37-5)14-16-30(28)34)29(17-22)32(38-6)33(3,4)8-2/h8-9,11-18,20,23,32H,2,7,10,19,21H2,1,3-6H3,(H,35,36). The van der Waals surface area contributed by atoms with Crippen molar-refractivity contribution in [3.8, 4) is 22.6 Å². The first-order valence-electron chi connectivity index (χ1n) is 13.2. The quantitative estimate of drug-likeness (QED) is 0.211. The van der Waals surface area contributed by atoms with Crippen molar-refractivity contribution in [3.63, 3.8) is 0 Å². The van der Waals surface area contributed by atoms with Crippen LogP contribution in [-0.2, 0) is 16.1 Å². The fraction of sp³-hybridized carbons (Fsp3) is 0.364. The zero-order valence-electron chi connectivity index (χ0n) is 23.5. The van der Waals surface area contributed by atoms with Gasteiger partial charge in [0.05, 0.1) is 19.6 Å². The van der Waals surface area contributed by atoms with Crippen LogP contribution in [0.4, 0.5) is 4.39 Å². The smallest absolute Gasteiger partial charge is 0.303 e. The van der Waals surface area contributed by atoms with E-state index in [-0.39, 0.29) is 24.8 Å². The predicted octanol–water partition coefficient (Wildman–Crippen LogP) is 8.34. The van der Waals surface area contributed by atoms with Crippen LogP contribution in [0, 0.1) is 11.2 Å². The Morgan fingerprint density at radius 3 is 2.46 bits per heavy atom. The van der Waals surface area contributed by atoms with Gasteiger partial charge in [-0.05, 0) is 71.0 Å². The summed E-state index contributed by atoms with van der Waals surface area (Å²) in [6.45, 7) is 10.4. The predicted molar refractivity (Wildman–Crippen MR) is 153 cm³/mol. The summed E-state index contributed by atoms with van der Waals surface area (Å²) in [5.74, 6) is -0.00513. The molecule has 39 heavy (non-hydrogen) atoms. The molecule has 0 fully saturated rings. The fourth-order valence-corrected chi connectivity index (χ4v) is 4.91. The molecule has 0 saturated heterocycles. The van der Waals surface area contributed by atoms with Gasteiger partial charge in [0.2, 0.25) is 0 Å². The Kier molecular flexibility index (Phi) is 10.3. The zero-order valence-corrected chi connectivity index (χ0v) is 23.5. The molecule has 3 rings (SSSR count). The molecule has 3 aromatic carbocycles. The summed E-state index contributed by atoms with van der Waals surface area (Å²) in [5, 5.41) is 9.33. The summed E-state index contributed by atoms with van der Waals surface area (Å²) >= 11 is 0. The Balaban J connectivity index is 1.98. The third-order valence-electron chi connectivity index (χ3n) is 7.09. The van der Waals surface area contributed by atoms with Crippen molar-refractivity contribution in [3.05, 3.63) is 95.8 Å². The van der Waals surface area contributed by atoms with Gasteiger partial charge in [0.15, 0.2) is 0 Å². The summed E-state index contributed by atoms with van der Waals surface area (Å²) in [7, 11) is 3.19. The maximum absolute atomic E-state index is 15.0. The summed E-state index contributed by atoms with van der Waals surface area (Å²) < 4.78 is 32.5. The summed E-state index contributed by atoms with van der Waals surface area (Å²) in [4.78, 5) is 11.4. The number of benzene rings is 3. The number of aliphatic carboxylic acids is 1. The van der Waals surface area contributed by atoms with Gasteiger partial charge in [0.1, 0.15) is 23.9 Å². The highest BCUT2D eigenvalue weighted by Crippen LogP contribution is 2.43. The SMILES string of the molecule is C=CC(C)(C)C(OC)c1cc(COc2cccc(C(CCC)CC(=O)O)c2)ccc1-c1cc(OC)ccc1F. The molecule has 2 unspecified atom stereocenters. The van der Waals surface area contributed by atoms with E-state index in [0.29, 0.717) is 22.6 Å². The van der Waals surface area contributed by atoms with Crippen LogP contribution >= 0.6 is 0 Å². The number of carbonyl (C=O) groups is 1. The Hall–Kier alpha value is -3.64. The summed E-state index contributed by atoms with van der Waals surface area (Å²) in [6.07, 6.45) is 3.21. The van der Waals surface area contributed by atoms with Crippen LogP contribution in [0.25, 0.3) is 11.1 Å². The molecule has 3 aromatic rings. The number of halogens is 1. The van der Waals surface area contributed by atoms with Crippen LogP contribution < -0.4 is 9.47 Å². The second kappa shape index (κ2) is 13.4. The monoisotopic (exact) mass is 534 g/mol. The van der Waals surface area contributed by atoms with E-state index < -0.39 is 17.5 Å². The highest BCUT2D eigenvalue weighted by Gasteiger charge is 2.31. The minimum Gasteiger partial charge on any atom is -0.497 e. The van der Waals surface area contributed by atoms with E-state index in [1.165, 1.54) is 6.07 Å². The minimum absolute atomic E-state index is 0.0664. The first-order chi connectivity index (χ1) is 18.6. The van der Waals surface area contributed by atoms with Gasteiger partial charge in [-0.15, -0.1) is 6.58 Å². The van der Waals surface area contributed by atoms with E-state index in [9.17, 15) is 9.90 Å². The molecule has 2 atom stereocenters. The van der Waals surface area contributed by atoms with Crippen LogP contribution in [0.2, 0.25) is 0 Å². The van der Waals surface area contributed by atoms with Crippen molar-refractivity contribution < 1.29 is 28.5 Å². The van der Waals surface area contributed by atoms with Crippen LogP contribution in [0.5, 0.6) is 11.5 Å². The molecule has 0 heterocycles. The molecule has 0 spiro atoms. The number of hydrogen-bond donors (Lipinski definition) is 1. The van der Waals surface area contributed by atoms with E-state index in [2.05, 4.69) is 13.5 Å². The molecule has 6 heteroatoms. The van der Waals surface area contributed by atoms with Gasteiger partial charge in [-0.2, -0.15) is 0 Å². The summed E-state index contributed by atoms with van der Waals surface area (Å²) in [5.41, 5.74) is 3.34. The van der Waals surface area contributed by atoms with Gasteiger partial charge in [-0.25, -0.2) is 4.39 Å². The molecule has 0 bridgehead atoms. The maximum Gasteiger partial charge on any atom is 0.303 e. The Bertz CT molecular complexity index is 1280. The normalized spacial score (nSPS) is 13.0. The molecule has 0 amide bonds. The molecule has 5 nitrogen and oxygen atoms in total. The Morgan fingerprint density at radius 2 is 1.82 bits per heavy atom. The zero-order chi connectivity index (χ0) is 28.6. The number of methoxy groups -OCH3 is 2. The molecule has 0 aliphatic carbocycles. The van der Waals surface area contributed by atoms with Gasteiger partial charge >= 0.3 is 5.97 Å². The van der Waals surface area contributed by atoms with E-state index >= 15 is 4.39 Å². The highest BCUT2D eigenvalue weighted by atomic mass is 19.1. The molecule has 208 valence electrons. The second-order valence-corrected chi connectivity index (χ2v) is 10.4. The van der Waals surface area contributed by atoms with Gasteiger partial charge in [0, 0.05) is 18.1 Å². The van der Waals surface area contributed by atoms with Crippen LogP contribution in [0.15, 0.2) is 73.3 Å². The lowest BCUT2D eigenvalue weighted by atomic mass is 9.79. The van der Waals surface area contributed by atoms with E-state index in [1.54, 1.807) is 26.4 Å². The van der Waals surface area contributed by atoms with Crippen LogP contribution in [0.1, 0.15) is 68.7 Å². The van der Waals surface area contributed by atoms with Gasteiger partial charge < -0.3 is 19.3 Å². The largest absolute Gasteiger partial charge is 0.497 e. The van der Waals surface area contributed by atoms with Gasteiger partial charge in [-0.3, -0.25) is 4.79 Å². The third kappa shape index (κ3) is 7.48. The van der Waals surface area contributed by atoms with Crippen molar-refractivity contribution in [2.45, 2.75) is 58.7 Å². The molecule has 1 N–H and O–H groups in total. The van der Waals surface area contributed by atoms with Crippen LogP contribution in [-0.4, -0.2) is 25.3 Å². The first kappa shape index (κ1) is 29.9. The highest BCUT2D eigenvalue weighted by molar-refractivity contribution is 5.71.